The number of benzene rings is 1. The molecule has 0 spiro atoms. The van der Waals surface area contributed by atoms with Crippen molar-refractivity contribution >= 4 is 22.9 Å². The average Bonchev–Trinajstić information content (AvgIpc) is 3.27. The van der Waals surface area contributed by atoms with Gasteiger partial charge in [0.25, 0.3) is 11.5 Å². The van der Waals surface area contributed by atoms with Crippen LogP contribution in [0.5, 0.6) is 0 Å². The van der Waals surface area contributed by atoms with E-state index in [9.17, 15) is 14.7 Å². The monoisotopic (exact) mass is 469 g/mol. The maximum absolute atomic E-state index is 15.6. The van der Waals surface area contributed by atoms with Crippen molar-refractivity contribution in [2.75, 3.05) is 5.32 Å². The zero-order valence-corrected chi connectivity index (χ0v) is 20.2. The zero-order chi connectivity index (χ0) is 24.1. The molecule has 2 atom stereocenters. The van der Waals surface area contributed by atoms with Gasteiger partial charge in [-0.2, -0.15) is 5.10 Å². The molecule has 3 aromatic rings. The highest BCUT2D eigenvalue weighted by atomic mass is 32.1. The SMILES string of the molecule is CCC(C)c1cc(-c2ccc(C)c(NC(=O)c3cc4c(s3)CC(C)(C)C4O)c2F)n[nH]c1=O. The molecule has 1 aliphatic rings. The minimum absolute atomic E-state index is 0.00397. The van der Waals surface area contributed by atoms with Crippen LogP contribution in [0, 0.1) is 18.2 Å². The second-order valence-electron chi connectivity index (χ2n) is 9.48. The van der Waals surface area contributed by atoms with Crippen molar-refractivity contribution in [1.29, 1.82) is 0 Å². The molecule has 2 aromatic heterocycles. The summed E-state index contributed by atoms with van der Waals surface area (Å²) in [6.45, 7) is 9.61. The van der Waals surface area contributed by atoms with Gasteiger partial charge in [-0.25, -0.2) is 9.49 Å². The first-order valence-corrected chi connectivity index (χ1v) is 11.9. The Morgan fingerprint density at radius 2 is 2.12 bits per heavy atom. The van der Waals surface area contributed by atoms with Crippen LogP contribution in [0.1, 0.15) is 77.4 Å². The highest BCUT2D eigenvalue weighted by Gasteiger charge is 2.40. The van der Waals surface area contributed by atoms with E-state index in [1.54, 1.807) is 31.2 Å². The fraction of sp³-hybridized carbons (Fsp3) is 0.400. The molecular formula is C25H28FN3O3S. The third-order valence-electron chi connectivity index (χ3n) is 6.56. The number of anilines is 1. The summed E-state index contributed by atoms with van der Waals surface area (Å²) in [5.74, 6) is -1.03. The van der Waals surface area contributed by atoms with Gasteiger partial charge < -0.3 is 10.4 Å². The summed E-state index contributed by atoms with van der Waals surface area (Å²) in [7, 11) is 0. The van der Waals surface area contributed by atoms with Gasteiger partial charge in [0.05, 0.1) is 22.4 Å². The summed E-state index contributed by atoms with van der Waals surface area (Å²) in [4.78, 5) is 26.5. The molecule has 0 aliphatic heterocycles. The average molecular weight is 470 g/mol. The Hall–Kier alpha value is -2.84. The quantitative estimate of drug-likeness (QED) is 0.471. The molecule has 174 valence electrons. The van der Waals surface area contributed by atoms with E-state index in [-0.39, 0.29) is 28.1 Å². The number of halogens is 1. The van der Waals surface area contributed by atoms with Gasteiger partial charge in [-0.15, -0.1) is 11.3 Å². The number of amides is 1. The molecule has 0 saturated carbocycles. The maximum Gasteiger partial charge on any atom is 0.267 e. The van der Waals surface area contributed by atoms with E-state index in [2.05, 4.69) is 15.5 Å². The van der Waals surface area contributed by atoms with E-state index >= 15 is 4.39 Å². The van der Waals surface area contributed by atoms with Gasteiger partial charge in [-0.05, 0) is 60.4 Å². The largest absolute Gasteiger partial charge is 0.388 e. The predicted octanol–water partition coefficient (Wildman–Crippen LogP) is 5.33. The van der Waals surface area contributed by atoms with Crippen LogP contribution in [0.3, 0.4) is 0 Å². The van der Waals surface area contributed by atoms with Gasteiger partial charge in [-0.1, -0.05) is 33.8 Å². The van der Waals surface area contributed by atoms with Crippen LogP contribution in [0.2, 0.25) is 0 Å². The van der Waals surface area contributed by atoms with Gasteiger partial charge in [-0.3, -0.25) is 9.59 Å². The van der Waals surface area contributed by atoms with Crippen LogP contribution in [0.15, 0.2) is 29.1 Å². The van der Waals surface area contributed by atoms with Crippen molar-refractivity contribution in [2.24, 2.45) is 5.41 Å². The van der Waals surface area contributed by atoms with Crippen molar-refractivity contribution in [2.45, 2.75) is 59.5 Å². The van der Waals surface area contributed by atoms with E-state index in [0.29, 0.717) is 28.1 Å². The number of nitrogens with zero attached hydrogens (tertiary/aromatic N) is 1. The van der Waals surface area contributed by atoms with Gasteiger partial charge in [0.2, 0.25) is 0 Å². The van der Waals surface area contributed by atoms with Crippen molar-refractivity contribution in [1.82, 2.24) is 10.2 Å². The second-order valence-corrected chi connectivity index (χ2v) is 10.6. The molecule has 3 N–H and O–H groups in total. The molecule has 1 aliphatic carbocycles. The molecule has 1 aromatic carbocycles. The number of aliphatic hydroxyl groups excluding tert-OH is 1. The number of hydrogen-bond donors (Lipinski definition) is 3. The first-order chi connectivity index (χ1) is 15.5. The summed E-state index contributed by atoms with van der Waals surface area (Å²) >= 11 is 1.33. The Labute approximate surface area is 195 Å². The van der Waals surface area contributed by atoms with Crippen molar-refractivity contribution < 1.29 is 14.3 Å². The Morgan fingerprint density at radius 3 is 2.79 bits per heavy atom. The molecular weight excluding hydrogens is 441 g/mol. The number of aromatic nitrogens is 2. The molecule has 0 bridgehead atoms. The van der Waals surface area contributed by atoms with E-state index in [0.717, 1.165) is 16.9 Å². The summed E-state index contributed by atoms with van der Waals surface area (Å²) < 4.78 is 15.6. The van der Waals surface area contributed by atoms with Gasteiger partial charge in [0, 0.05) is 16.0 Å². The number of rotatable bonds is 5. The Bertz CT molecular complexity index is 1290. The van der Waals surface area contributed by atoms with Crippen LogP contribution in [0.25, 0.3) is 11.3 Å². The number of nitrogens with one attached hydrogen (secondary N) is 2. The second kappa shape index (κ2) is 8.50. The molecule has 4 rings (SSSR count). The number of carbonyl (C=O) groups excluding carboxylic acids is 1. The molecule has 0 saturated heterocycles. The lowest BCUT2D eigenvalue weighted by atomic mass is 9.88. The normalized spacial score (nSPS) is 17.6. The standard InChI is InChI=1S/C25H28FN3O3S/c1-6-12(2)15-9-17(28-29-23(15)31)14-8-7-13(3)21(20(14)26)27-24(32)18-10-16-19(33-18)11-25(4,5)22(16)30/h7-10,12,22,30H,6,11H2,1-5H3,(H,27,32)(H,29,31). The molecule has 0 radical (unpaired) electrons. The number of fused-ring (bicyclic) bond motifs is 1. The van der Waals surface area contributed by atoms with E-state index in [4.69, 9.17) is 0 Å². The number of thiophene rings is 1. The maximum atomic E-state index is 15.6. The fourth-order valence-electron chi connectivity index (χ4n) is 4.20. The number of aromatic amines is 1. The Kier molecular flexibility index (Phi) is 6.01. The number of carbonyl (C=O) groups is 1. The summed E-state index contributed by atoms with van der Waals surface area (Å²) in [5, 5.41) is 19.7. The van der Waals surface area contributed by atoms with Gasteiger partial charge in [0.1, 0.15) is 0 Å². The number of aliphatic hydroxyl groups is 1. The van der Waals surface area contributed by atoms with Gasteiger partial charge in [0.15, 0.2) is 5.82 Å². The minimum atomic E-state index is -0.627. The summed E-state index contributed by atoms with van der Waals surface area (Å²) in [6, 6.07) is 6.62. The van der Waals surface area contributed by atoms with Crippen LogP contribution in [-0.4, -0.2) is 21.2 Å². The molecule has 0 fully saturated rings. The number of H-pyrrole nitrogens is 1. The summed E-state index contributed by atoms with van der Waals surface area (Å²) in [5.41, 5.74) is 1.92. The number of hydrogen-bond acceptors (Lipinski definition) is 5. The summed E-state index contributed by atoms with van der Waals surface area (Å²) in [6.07, 6.45) is 0.833. The van der Waals surface area contributed by atoms with E-state index < -0.39 is 17.8 Å². The van der Waals surface area contributed by atoms with Crippen LogP contribution in [-0.2, 0) is 6.42 Å². The molecule has 6 nitrogen and oxygen atoms in total. The van der Waals surface area contributed by atoms with E-state index in [1.165, 1.54) is 11.3 Å². The van der Waals surface area contributed by atoms with Crippen molar-refractivity contribution in [3.63, 3.8) is 0 Å². The third kappa shape index (κ3) is 4.13. The minimum Gasteiger partial charge on any atom is -0.388 e. The molecule has 33 heavy (non-hydrogen) atoms. The van der Waals surface area contributed by atoms with Crippen LogP contribution in [0.4, 0.5) is 10.1 Å². The number of aryl methyl sites for hydroxylation is 1. The Balaban J connectivity index is 1.66. The topological polar surface area (TPSA) is 95.1 Å². The zero-order valence-electron chi connectivity index (χ0n) is 19.4. The first-order valence-electron chi connectivity index (χ1n) is 11.0. The van der Waals surface area contributed by atoms with Crippen LogP contribution >= 0.6 is 11.3 Å². The Morgan fingerprint density at radius 1 is 1.39 bits per heavy atom. The highest BCUT2D eigenvalue weighted by Crippen LogP contribution is 2.48. The lowest BCUT2D eigenvalue weighted by molar-refractivity contribution is 0.0665. The predicted molar refractivity (Wildman–Crippen MR) is 128 cm³/mol. The first kappa shape index (κ1) is 23.3. The highest BCUT2D eigenvalue weighted by molar-refractivity contribution is 7.14. The molecule has 1 amide bonds. The fourth-order valence-corrected chi connectivity index (χ4v) is 5.53. The smallest absolute Gasteiger partial charge is 0.267 e. The molecule has 8 heteroatoms. The van der Waals surface area contributed by atoms with Crippen molar-refractivity contribution in [3.8, 4) is 11.3 Å². The lowest BCUT2D eigenvalue weighted by Gasteiger charge is -2.22. The lowest BCUT2D eigenvalue weighted by Crippen LogP contribution is -2.18. The third-order valence-corrected chi connectivity index (χ3v) is 7.71. The molecule has 2 unspecified atom stereocenters. The van der Waals surface area contributed by atoms with E-state index in [1.807, 2.05) is 27.7 Å². The molecule has 2 heterocycles. The van der Waals surface area contributed by atoms with Crippen molar-refractivity contribution in [3.05, 3.63) is 66.9 Å². The van der Waals surface area contributed by atoms with Gasteiger partial charge >= 0.3 is 0 Å². The van der Waals surface area contributed by atoms with Crippen LogP contribution < -0.4 is 10.9 Å².